The quantitative estimate of drug-likeness (QED) is 0.773. The Kier molecular flexibility index (Phi) is 4.44. The molecule has 0 fully saturated rings. The van der Waals surface area contributed by atoms with Crippen LogP contribution >= 0.6 is 11.6 Å². The molecule has 0 aliphatic heterocycles. The van der Waals surface area contributed by atoms with Crippen molar-refractivity contribution in [2.75, 3.05) is 6.54 Å². The molecule has 8 heteroatoms. The van der Waals surface area contributed by atoms with Gasteiger partial charge in [0.15, 0.2) is 5.69 Å². The normalized spacial score (nSPS) is 10.3. The Hall–Kier alpha value is -2.54. The van der Waals surface area contributed by atoms with Gasteiger partial charge < -0.3 is 20.1 Å². The van der Waals surface area contributed by atoms with Gasteiger partial charge in [0.1, 0.15) is 5.75 Å². The molecule has 0 saturated heterocycles. The fourth-order valence-electron chi connectivity index (χ4n) is 1.64. The number of aromatic nitrogens is 2. The zero-order valence-electron chi connectivity index (χ0n) is 10.8. The second-order valence-corrected chi connectivity index (χ2v) is 4.63. The Labute approximate surface area is 124 Å². The smallest absolute Gasteiger partial charge is 0.356 e. The fraction of sp³-hybridized carbons (Fsp3) is 0.154. The molecular weight excluding hydrogens is 298 g/mol. The van der Waals surface area contributed by atoms with Crippen LogP contribution in [0, 0.1) is 0 Å². The standard InChI is InChI=1S/C13H12ClN3O4/c14-9-5-8(1-2-11(9)18)12(19)15-3-4-17-6-10(13(20)21)16-7-17/h1-2,5-7,18H,3-4H2,(H,15,19)(H,20,21). The van der Waals surface area contributed by atoms with E-state index in [4.69, 9.17) is 16.7 Å². The average Bonchev–Trinajstić information content (AvgIpc) is 2.91. The topological polar surface area (TPSA) is 104 Å². The predicted octanol–water partition coefficient (Wildman–Crippen LogP) is 1.37. The molecule has 0 unspecified atom stereocenters. The van der Waals surface area contributed by atoms with Crippen LogP contribution in [0.4, 0.5) is 0 Å². The monoisotopic (exact) mass is 309 g/mol. The number of rotatable bonds is 5. The lowest BCUT2D eigenvalue weighted by Crippen LogP contribution is -2.26. The number of nitrogens with zero attached hydrogens (tertiary/aromatic N) is 2. The molecule has 0 bridgehead atoms. The summed E-state index contributed by atoms with van der Waals surface area (Å²) in [6.07, 6.45) is 2.76. The van der Waals surface area contributed by atoms with E-state index in [9.17, 15) is 14.7 Å². The minimum atomic E-state index is -1.10. The van der Waals surface area contributed by atoms with Crippen molar-refractivity contribution in [3.05, 3.63) is 47.0 Å². The van der Waals surface area contributed by atoms with E-state index in [0.29, 0.717) is 18.7 Å². The number of benzene rings is 1. The maximum absolute atomic E-state index is 11.8. The Morgan fingerprint density at radius 2 is 2.14 bits per heavy atom. The summed E-state index contributed by atoms with van der Waals surface area (Å²) < 4.78 is 1.56. The third-order valence-electron chi connectivity index (χ3n) is 2.72. The minimum absolute atomic E-state index is 0.0494. The number of halogens is 1. The highest BCUT2D eigenvalue weighted by Gasteiger charge is 2.09. The van der Waals surface area contributed by atoms with Crippen LogP contribution in [-0.2, 0) is 6.54 Å². The molecular formula is C13H12ClN3O4. The molecule has 0 aliphatic rings. The van der Waals surface area contributed by atoms with E-state index < -0.39 is 5.97 Å². The van der Waals surface area contributed by atoms with Crippen LogP contribution < -0.4 is 5.32 Å². The van der Waals surface area contributed by atoms with E-state index in [1.165, 1.54) is 30.7 Å². The first-order valence-electron chi connectivity index (χ1n) is 5.99. The van der Waals surface area contributed by atoms with Crippen LogP contribution in [0.3, 0.4) is 0 Å². The summed E-state index contributed by atoms with van der Waals surface area (Å²) in [4.78, 5) is 26.2. The van der Waals surface area contributed by atoms with E-state index in [-0.39, 0.29) is 22.4 Å². The van der Waals surface area contributed by atoms with Gasteiger partial charge in [0, 0.05) is 24.8 Å². The number of carboxylic acid groups (broad SMARTS) is 1. The van der Waals surface area contributed by atoms with Crippen molar-refractivity contribution < 1.29 is 19.8 Å². The average molecular weight is 310 g/mol. The van der Waals surface area contributed by atoms with E-state index in [2.05, 4.69) is 10.3 Å². The molecule has 21 heavy (non-hydrogen) atoms. The number of hydrogen-bond acceptors (Lipinski definition) is 4. The lowest BCUT2D eigenvalue weighted by atomic mass is 10.2. The van der Waals surface area contributed by atoms with Gasteiger partial charge in [-0.3, -0.25) is 4.79 Å². The first-order chi connectivity index (χ1) is 9.97. The van der Waals surface area contributed by atoms with Gasteiger partial charge in [-0.25, -0.2) is 9.78 Å². The van der Waals surface area contributed by atoms with Gasteiger partial charge in [0.2, 0.25) is 0 Å². The summed E-state index contributed by atoms with van der Waals surface area (Å²) in [5.41, 5.74) is 0.279. The van der Waals surface area contributed by atoms with Crippen LogP contribution in [0.25, 0.3) is 0 Å². The maximum Gasteiger partial charge on any atom is 0.356 e. The summed E-state index contributed by atoms with van der Waals surface area (Å²) in [6, 6.07) is 4.16. The van der Waals surface area contributed by atoms with Crippen molar-refractivity contribution in [2.24, 2.45) is 0 Å². The number of hydrogen-bond donors (Lipinski definition) is 3. The van der Waals surface area contributed by atoms with Gasteiger partial charge in [-0.15, -0.1) is 0 Å². The minimum Gasteiger partial charge on any atom is -0.506 e. The van der Waals surface area contributed by atoms with Gasteiger partial charge in [0.05, 0.1) is 11.3 Å². The number of carbonyl (C=O) groups excluding carboxylic acids is 1. The van der Waals surface area contributed by atoms with Crippen molar-refractivity contribution in [3.63, 3.8) is 0 Å². The predicted molar refractivity (Wildman–Crippen MR) is 74.6 cm³/mol. The molecule has 110 valence electrons. The number of amides is 1. The van der Waals surface area contributed by atoms with Crippen molar-refractivity contribution in [1.82, 2.24) is 14.9 Å². The Bertz CT molecular complexity index is 684. The van der Waals surface area contributed by atoms with Gasteiger partial charge >= 0.3 is 5.97 Å². The molecule has 3 N–H and O–H groups in total. The van der Waals surface area contributed by atoms with Crippen LogP contribution in [0.15, 0.2) is 30.7 Å². The van der Waals surface area contributed by atoms with Crippen molar-refractivity contribution >= 4 is 23.5 Å². The highest BCUT2D eigenvalue weighted by Crippen LogP contribution is 2.23. The van der Waals surface area contributed by atoms with Crippen molar-refractivity contribution in [3.8, 4) is 5.75 Å². The van der Waals surface area contributed by atoms with Gasteiger partial charge in [-0.2, -0.15) is 0 Å². The SMILES string of the molecule is O=C(NCCn1cnc(C(=O)O)c1)c1ccc(O)c(Cl)c1. The number of phenols is 1. The summed E-state index contributed by atoms with van der Waals surface area (Å²) >= 11 is 5.72. The summed E-state index contributed by atoms with van der Waals surface area (Å²) in [6.45, 7) is 0.685. The molecule has 7 nitrogen and oxygen atoms in total. The maximum atomic E-state index is 11.8. The largest absolute Gasteiger partial charge is 0.506 e. The molecule has 0 spiro atoms. The van der Waals surface area contributed by atoms with Gasteiger partial charge in [0.25, 0.3) is 5.91 Å². The number of imidazole rings is 1. The van der Waals surface area contributed by atoms with E-state index in [1.54, 1.807) is 4.57 Å². The number of aromatic carboxylic acids is 1. The van der Waals surface area contributed by atoms with E-state index in [1.807, 2.05) is 0 Å². The molecule has 2 aromatic rings. The number of carbonyl (C=O) groups is 2. The lowest BCUT2D eigenvalue weighted by molar-refractivity contribution is 0.0690. The van der Waals surface area contributed by atoms with Crippen molar-refractivity contribution in [1.29, 1.82) is 0 Å². The summed E-state index contributed by atoms with van der Waals surface area (Å²) in [5, 5.41) is 20.8. The number of phenolic OH excluding ortho intramolecular Hbond substituents is 1. The molecule has 0 radical (unpaired) electrons. The highest BCUT2D eigenvalue weighted by atomic mass is 35.5. The fourth-order valence-corrected chi connectivity index (χ4v) is 1.82. The molecule has 0 atom stereocenters. The molecule has 1 heterocycles. The zero-order valence-corrected chi connectivity index (χ0v) is 11.5. The molecule has 2 rings (SSSR count). The highest BCUT2D eigenvalue weighted by molar-refractivity contribution is 6.32. The van der Waals surface area contributed by atoms with Crippen LogP contribution in [0.1, 0.15) is 20.8 Å². The Morgan fingerprint density at radius 1 is 1.38 bits per heavy atom. The van der Waals surface area contributed by atoms with E-state index in [0.717, 1.165) is 0 Å². The Morgan fingerprint density at radius 3 is 2.76 bits per heavy atom. The summed E-state index contributed by atoms with van der Waals surface area (Å²) in [7, 11) is 0. The van der Waals surface area contributed by atoms with Crippen LogP contribution in [-0.4, -0.2) is 38.2 Å². The number of carboxylic acids is 1. The summed E-state index contributed by atoms with van der Waals surface area (Å²) in [5.74, 6) is -1.53. The zero-order chi connectivity index (χ0) is 15.4. The van der Waals surface area contributed by atoms with E-state index >= 15 is 0 Å². The second kappa shape index (κ2) is 6.27. The molecule has 1 amide bonds. The first-order valence-corrected chi connectivity index (χ1v) is 6.37. The van der Waals surface area contributed by atoms with Crippen LogP contribution in [0.5, 0.6) is 5.75 Å². The number of aromatic hydroxyl groups is 1. The third-order valence-corrected chi connectivity index (χ3v) is 3.02. The Balaban J connectivity index is 1.88. The van der Waals surface area contributed by atoms with Crippen LogP contribution in [0.2, 0.25) is 5.02 Å². The lowest BCUT2D eigenvalue weighted by Gasteiger charge is -2.06. The van der Waals surface area contributed by atoms with Crippen molar-refractivity contribution in [2.45, 2.75) is 6.54 Å². The molecule has 1 aromatic heterocycles. The number of nitrogens with one attached hydrogen (secondary N) is 1. The van der Waals surface area contributed by atoms with Gasteiger partial charge in [-0.1, -0.05) is 11.6 Å². The molecule has 0 aliphatic carbocycles. The molecule has 1 aromatic carbocycles. The molecule has 0 saturated carbocycles. The van der Waals surface area contributed by atoms with Gasteiger partial charge in [-0.05, 0) is 18.2 Å². The third kappa shape index (κ3) is 3.73. The first kappa shape index (κ1) is 14.9. The second-order valence-electron chi connectivity index (χ2n) is 4.22.